The molecule has 31 heavy (non-hydrogen) atoms. The minimum Gasteiger partial charge on any atom is -0.464 e. The maximum Gasteiger partial charge on any atom is 0.354 e. The van der Waals surface area contributed by atoms with E-state index in [0.717, 1.165) is 43.7 Å². The second-order valence-corrected chi connectivity index (χ2v) is 7.82. The van der Waals surface area contributed by atoms with E-state index in [2.05, 4.69) is 16.3 Å². The molecule has 6 heteroatoms. The molecule has 0 spiro atoms. The number of likely N-dealkylation sites (tertiary alicyclic amines) is 1. The van der Waals surface area contributed by atoms with Crippen LogP contribution in [0.25, 0.3) is 0 Å². The van der Waals surface area contributed by atoms with Crippen molar-refractivity contribution in [2.24, 2.45) is 0 Å². The third-order valence-electron chi connectivity index (χ3n) is 5.75. The Morgan fingerprint density at radius 3 is 2.52 bits per heavy atom. The molecule has 3 aromatic rings. The number of rotatable bonds is 6. The van der Waals surface area contributed by atoms with Gasteiger partial charge in [-0.25, -0.2) is 4.79 Å². The fourth-order valence-electron chi connectivity index (χ4n) is 4.14. The Labute approximate surface area is 182 Å². The Hall–Kier alpha value is -3.38. The number of methoxy groups -OCH3 is 1. The number of nitrogens with zero attached hydrogens (tertiary/aromatic N) is 2. The zero-order chi connectivity index (χ0) is 21.6. The van der Waals surface area contributed by atoms with Gasteiger partial charge in [0.05, 0.1) is 7.11 Å². The molecule has 0 aliphatic carbocycles. The number of hydrogen-bond donors (Lipinski definition) is 1. The van der Waals surface area contributed by atoms with Crippen molar-refractivity contribution in [2.45, 2.75) is 25.4 Å². The van der Waals surface area contributed by atoms with Crippen LogP contribution in [0.3, 0.4) is 0 Å². The van der Waals surface area contributed by atoms with Crippen LogP contribution in [-0.2, 0) is 11.3 Å². The summed E-state index contributed by atoms with van der Waals surface area (Å²) in [4.78, 5) is 26.9. The zero-order valence-electron chi connectivity index (χ0n) is 17.7. The molecule has 4 rings (SSSR count). The van der Waals surface area contributed by atoms with Crippen LogP contribution in [0.4, 0.5) is 5.69 Å². The molecule has 0 saturated carbocycles. The van der Waals surface area contributed by atoms with Crippen LogP contribution in [0, 0.1) is 0 Å². The molecule has 160 valence electrons. The molecule has 0 radical (unpaired) electrons. The number of hydrogen-bond acceptors (Lipinski definition) is 4. The average Bonchev–Trinajstić information content (AvgIpc) is 3.30. The van der Waals surface area contributed by atoms with Crippen molar-refractivity contribution in [3.05, 3.63) is 89.7 Å². The number of aromatic nitrogens is 1. The van der Waals surface area contributed by atoms with Crippen LogP contribution < -0.4 is 5.32 Å². The van der Waals surface area contributed by atoms with Crippen molar-refractivity contribution in [2.75, 3.05) is 25.5 Å². The first kappa shape index (κ1) is 20.9. The van der Waals surface area contributed by atoms with Crippen molar-refractivity contribution in [1.29, 1.82) is 0 Å². The van der Waals surface area contributed by atoms with Gasteiger partial charge in [0.1, 0.15) is 5.69 Å². The molecule has 2 heterocycles. The smallest absolute Gasteiger partial charge is 0.354 e. The first-order valence-electron chi connectivity index (χ1n) is 10.6. The van der Waals surface area contributed by atoms with Crippen LogP contribution in [0.5, 0.6) is 0 Å². The summed E-state index contributed by atoms with van der Waals surface area (Å²) in [6.07, 6.45) is 3.89. The van der Waals surface area contributed by atoms with Crippen molar-refractivity contribution in [1.82, 2.24) is 9.47 Å². The van der Waals surface area contributed by atoms with Crippen molar-refractivity contribution >= 4 is 17.6 Å². The summed E-state index contributed by atoms with van der Waals surface area (Å²) >= 11 is 0. The molecule has 2 aromatic carbocycles. The number of esters is 1. The van der Waals surface area contributed by atoms with Crippen molar-refractivity contribution < 1.29 is 14.3 Å². The molecule has 1 saturated heterocycles. The molecule has 0 unspecified atom stereocenters. The van der Waals surface area contributed by atoms with Crippen LogP contribution in [0.15, 0.2) is 72.9 Å². The summed E-state index contributed by atoms with van der Waals surface area (Å²) in [5.41, 5.74) is 3.18. The maximum absolute atomic E-state index is 12.6. The predicted octanol–water partition coefficient (Wildman–Crippen LogP) is 4.36. The maximum atomic E-state index is 12.6. The second kappa shape index (κ2) is 9.62. The lowest BCUT2D eigenvalue weighted by molar-refractivity contribution is 0.0581. The summed E-state index contributed by atoms with van der Waals surface area (Å²) < 4.78 is 6.93. The van der Waals surface area contributed by atoms with E-state index in [1.54, 1.807) is 0 Å². The fraction of sp³-hybridized carbons (Fsp3) is 0.280. The van der Waals surface area contributed by atoms with E-state index in [9.17, 15) is 9.59 Å². The summed E-state index contributed by atoms with van der Waals surface area (Å²) in [5.74, 6) is -0.396. The monoisotopic (exact) mass is 417 g/mol. The van der Waals surface area contributed by atoms with Crippen molar-refractivity contribution in [3.8, 4) is 0 Å². The quantitative estimate of drug-likeness (QED) is 0.605. The van der Waals surface area contributed by atoms with Gasteiger partial charge in [-0.2, -0.15) is 0 Å². The number of amides is 1. The summed E-state index contributed by atoms with van der Waals surface area (Å²) in [5, 5.41) is 2.94. The van der Waals surface area contributed by atoms with Crippen LogP contribution in [-0.4, -0.2) is 41.5 Å². The van der Waals surface area contributed by atoms with E-state index in [4.69, 9.17) is 4.74 Å². The van der Waals surface area contributed by atoms with Gasteiger partial charge in [0, 0.05) is 43.1 Å². The Morgan fingerprint density at radius 2 is 1.77 bits per heavy atom. The van der Waals surface area contributed by atoms with E-state index >= 15 is 0 Å². The van der Waals surface area contributed by atoms with E-state index in [-0.39, 0.29) is 11.9 Å². The fourth-order valence-corrected chi connectivity index (χ4v) is 4.14. The number of anilines is 1. The summed E-state index contributed by atoms with van der Waals surface area (Å²) in [7, 11) is 1.41. The van der Waals surface area contributed by atoms with E-state index in [0.29, 0.717) is 17.3 Å². The number of ether oxygens (including phenoxy) is 1. The topological polar surface area (TPSA) is 63.6 Å². The lowest BCUT2D eigenvalue weighted by Gasteiger charge is -2.33. The zero-order valence-corrected chi connectivity index (χ0v) is 17.7. The lowest BCUT2D eigenvalue weighted by Crippen LogP contribution is -2.34. The van der Waals surface area contributed by atoms with Gasteiger partial charge >= 0.3 is 5.97 Å². The third kappa shape index (κ3) is 5.03. The molecular weight excluding hydrogens is 390 g/mol. The van der Waals surface area contributed by atoms with Gasteiger partial charge < -0.3 is 14.6 Å². The van der Waals surface area contributed by atoms with E-state index in [1.807, 2.05) is 71.4 Å². The summed E-state index contributed by atoms with van der Waals surface area (Å²) in [6, 6.07) is 21.3. The number of piperidine rings is 1. The second-order valence-electron chi connectivity index (χ2n) is 7.82. The molecule has 1 aliphatic rings. The van der Waals surface area contributed by atoms with Gasteiger partial charge in [0.15, 0.2) is 0 Å². The number of para-hydroxylation sites is 1. The molecule has 1 N–H and O–H groups in total. The first-order chi connectivity index (χ1) is 15.1. The van der Waals surface area contributed by atoms with Crippen LogP contribution >= 0.6 is 0 Å². The number of carbonyl (C=O) groups excluding carboxylic acids is 2. The molecule has 0 bridgehead atoms. The molecule has 1 fully saturated rings. The van der Waals surface area contributed by atoms with Gasteiger partial charge in [-0.3, -0.25) is 9.69 Å². The van der Waals surface area contributed by atoms with Crippen molar-refractivity contribution in [3.63, 3.8) is 0 Å². The Bertz CT molecular complexity index is 1040. The minimum atomic E-state index is -0.293. The molecule has 1 amide bonds. The standard InChI is InChI=1S/C25H27N3O3/c1-31-25(30)23-11-6-14-28(23)22-12-15-27(16-13-22)18-19-7-5-8-20(17-19)24(29)26-21-9-3-2-4-10-21/h2-11,14,17,22H,12-13,15-16,18H2,1H3,(H,26,29). The Morgan fingerprint density at radius 1 is 1.00 bits per heavy atom. The molecular formula is C25H27N3O3. The Balaban J connectivity index is 1.35. The SMILES string of the molecule is COC(=O)c1cccn1C1CCN(Cc2cccc(C(=O)Nc3ccccc3)c2)CC1. The first-order valence-corrected chi connectivity index (χ1v) is 10.6. The predicted molar refractivity (Wildman–Crippen MR) is 120 cm³/mol. The number of benzene rings is 2. The van der Waals surface area contributed by atoms with Gasteiger partial charge in [0.25, 0.3) is 5.91 Å². The van der Waals surface area contributed by atoms with Crippen LogP contribution in [0.1, 0.15) is 45.3 Å². The van der Waals surface area contributed by atoms with Gasteiger partial charge in [-0.1, -0.05) is 30.3 Å². The van der Waals surface area contributed by atoms with Gasteiger partial charge in [-0.05, 0) is 54.8 Å². The lowest BCUT2D eigenvalue weighted by atomic mass is 10.0. The van der Waals surface area contributed by atoms with Gasteiger partial charge in [0.2, 0.25) is 0 Å². The molecule has 1 aromatic heterocycles. The van der Waals surface area contributed by atoms with Gasteiger partial charge in [-0.15, -0.1) is 0 Å². The molecule has 6 nitrogen and oxygen atoms in total. The highest BCUT2D eigenvalue weighted by Crippen LogP contribution is 2.26. The summed E-state index contributed by atoms with van der Waals surface area (Å²) in [6.45, 7) is 2.67. The van der Waals surface area contributed by atoms with Crippen LogP contribution in [0.2, 0.25) is 0 Å². The third-order valence-corrected chi connectivity index (χ3v) is 5.75. The normalized spacial score (nSPS) is 14.9. The average molecular weight is 418 g/mol. The highest BCUT2D eigenvalue weighted by Gasteiger charge is 2.24. The number of nitrogens with one attached hydrogen (secondary N) is 1. The molecule has 1 aliphatic heterocycles. The minimum absolute atomic E-state index is 0.102. The van der Waals surface area contributed by atoms with E-state index in [1.165, 1.54) is 7.11 Å². The highest BCUT2D eigenvalue weighted by atomic mass is 16.5. The largest absolute Gasteiger partial charge is 0.464 e. The Kier molecular flexibility index (Phi) is 6.48. The number of carbonyl (C=O) groups is 2. The molecule has 0 atom stereocenters. The highest BCUT2D eigenvalue weighted by molar-refractivity contribution is 6.04. The van der Waals surface area contributed by atoms with E-state index < -0.39 is 0 Å².